The van der Waals surface area contributed by atoms with Gasteiger partial charge in [0.2, 0.25) is 0 Å². The lowest BCUT2D eigenvalue weighted by Crippen LogP contribution is -3.00. The molecule has 0 radical (unpaired) electrons. The Balaban J connectivity index is 0.00000432. The SMILES string of the molecule is CC[N+](CCCNC(=O)Nc1ccccc1)(CCc1ccc(Cl)cc1)Cc1cc(F)ccc1F.[I-]. The Hall–Kier alpha value is -2.23. The molecule has 0 saturated carbocycles. The van der Waals surface area contributed by atoms with Gasteiger partial charge in [0.05, 0.1) is 19.6 Å². The van der Waals surface area contributed by atoms with Crippen molar-refractivity contribution in [2.45, 2.75) is 26.3 Å². The molecule has 0 heterocycles. The van der Waals surface area contributed by atoms with Crippen molar-refractivity contribution in [3.63, 3.8) is 0 Å². The second-order valence-electron chi connectivity index (χ2n) is 8.48. The molecule has 4 nitrogen and oxygen atoms in total. The van der Waals surface area contributed by atoms with Gasteiger partial charge >= 0.3 is 6.03 Å². The smallest absolute Gasteiger partial charge is 0.319 e. The predicted molar refractivity (Wildman–Crippen MR) is 134 cm³/mol. The molecule has 0 aliphatic rings. The summed E-state index contributed by atoms with van der Waals surface area (Å²) in [6.45, 7) is 5.14. The molecule has 2 amide bonds. The first-order valence-corrected chi connectivity index (χ1v) is 11.9. The first-order valence-electron chi connectivity index (χ1n) is 11.5. The summed E-state index contributed by atoms with van der Waals surface area (Å²) in [5.41, 5.74) is 2.23. The summed E-state index contributed by atoms with van der Waals surface area (Å²) < 4.78 is 28.9. The largest absolute Gasteiger partial charge is 1.00 e. The second kappa shape index (κ2) is 14.4. The minimum atomic E-state index is -0.442. The van der Waals surface area contributed by atoms with Gasteiger partial charge < -0.3 is 39.1 Å². The van der Waals surface area contributed by atoms with Gasteiger partial charge in [0.25, 0.3) is 0 Å². The van der Waals surface area contributed by atoms with Gasteiger partial charge in [0, 0.05) is 35.7 Å². The lowest BCUT2D eigenvalue weighted by molar-refractivity contribution is -0.939. The average Bonchev–Trinajstić information content (AvgIpc) is 2.84. The summed E-state index contributed by atoms with van der Waals surface area (Å²) >= 11 is 6.01. The zero-order chi connectivity index (χ0) is 24.4. The van der Waals surface area contributed by atoms with Gasteiger partial charge in [-0.25, -0.2) is 13.6 Å². The highest BCUT2D eigenvalue weighted by Gasteiger charge is 2.27. The molecular formula is C27H31ClF2IN3O. The maximum absolute atomic E-state index is 14.5. The van der Waals surface area contributed by atoms with E-state index in [1.807, 2.05) is 54.6 Å². The van der Waals surface area contributed by atoms with Crippen molar-refractivity contribution < 1.29 is 42.0 Å². The average molecular weight is 614 g/mol. The van der Waals surface area contributed by atoms with E-state index >= 15 is 0 Å². The zero-order valence-electron chi connectivity index (χ0n) is 19.7. The Kier molecular flexibility index (Phi) is 11.9. The molecule has 0 aliphatic carbocycles. The van der Waals surface area contributed by atoms with E-state index in [9.17, 15) is 13.6 Å². The number of hydrogen-bond donors (Lipinski definition) is 2. The van der Waals surface area contributed by atoms with Gasteiger partial charge in [-0.05, 0) is 55.0 Å². The van der Waals surface area contributed by atoms with Crippen LogP contribution in [-0.2, 0) is 13.0 Å². The maximum atomic E-state index is 14.5. The van der Waals surface area contributed by atoms with E-state index in [1.54, 1.807) is 0 Å². The number of quaternary nitrogens is 1. The number of para-hydroxylation sites is 1. The Morgan fingerprint density at radius 1 is 0.971 bits per heavy atom. The third-order valence-corrected chi connectivity index (χ3v) is 6.35. The van der Waals surface area contributed by atoms with E-state index in [2.05, 4.69) is 17.6 Å². The molecule has 3 rings (SSSR count). The molecular weight excluding hydrogens is 583 g/mol. The van der Waals surface area contributed by atoms with Gasteiger partial charge in [-0.3, -0.25) is 0 Å². The number of anilines is 1. The standard InChI is InChI=1S/C27H30ClF2N3O.HI/c1-2-33(18-15-21-9-11-23(28)12-10-21,20-22-19-24(29)13-14-26(22)30)17-6-16-31-27(34)32-25-7-4-3-5-8-25;/h3-5,7-14,19H,2,6,15-18,20H2,1H3,(H-,31,32,34);1H. The number of benzene rings is 3. The molecule has 1 unspecified atom stereocenters. The number of rotatable bonds is 11. The molecule has 8 heteroatoms. The molecule has 3 aromatic rings. The fraction of sp³-hybridized carbons (Fsp3) is 0.296. The van der Waals surface area contributed by atoms with Crippen LogP contribution < -0.4 is 34.6 Å². The fourth-order valence-electron chi connectivity index (χ4n) is 4.05. The molecule has 0 fully saturated rings. The van der Waals surface area contributed by atoms with Gasteiger partial charge in [-0.2, -0.15) is 0 Å². The number of amides is 2. The van der Waals surface area contributed by atoms with Crippen LogP contribution in [0.1, 0.15) is 24.5 Å². The Morgan fingerprint density at radius 2 is 1.69 bits per heavy atom. The minimum absolute atomic E-state index is 0. The lowest BCUT2D eigenvalue weighted by Gasteiger charge is -2.38. The Bertz CT molecular complexity index is 1070. The van der Waals surface area contributed by atoms with E-state index in [-0.39, 0.29) is 30.0 Å². The summed E-state index contributed by atoms with van der Waals surface area (Å²) in [5.74, 6) is -0.841. The van der Waals surface area contributed by atoms with Crippen LogP contribution in [0.15, 0.2) is 72.8 Å². The predicted octanol–water partition coefficient (Wildman–Crippen LogP) is 3.41. The summed E-state index contributed by atoms with van der Waals surface area (Å²) in [7, 11) is 0. The zero-order valence-corrected chi connectivity index (χ0v) is 22.7. The quantitative estimate of drug-likeness (QED) is 0.194. The highest BCUT2D eigenvalue weighted by Crippen LogP contribution is 2.21. The number of hydrogen-bond acceptors (Lipinski definition) is 1. The van der Waals surface area contributed by atoms with Crippen molar-refractivity contribution >= 4 is 23.3 Å². The lowest BCUT2D eigenvalue weighted by atomic mass is 10.1. The van der Waals surface area contributed by atoms with Crippen LogP contribution in [0.2, 0.25) is 5.02 Å². The van der Waals surface area contributed by atoms with E-state index in [4.69, 9.17) is 11.6 Å². The van der Waals surface area contributed by atoms with Crippen molar-refractivity contribution in [3.8, 4) is 0 Å². The van der Waals surface area contributed by atoms with Crippen LogP contribution in [0.5, 0.6) is 0 Å². The molecule has 35 heavy (non-hydrogen) atoms. The summed E-state index contributed by atoms with van der Waals surface area (Å²) in [4.78, 5) is 12.2. The van der Waals surface area contributed by atoms with Gasteiger partial charge in [-0.1, -0.05) is 41.9 Å². The van der Waals surface area contributed by atoms with Crippen molar-refractivity contribution in [1.82, 2.24) is 5.32 Å². The highest BCUT2D eigenvalue weighted by atomic mass is 127. The number of likely N-dealkylation sites (N-methyl/N-ethyl adjacent to an activating group) is 1. The molecule has 0 spiro atoms. The summed E-state index contributed by atoms with van der Waals surface area (Å²) in [6.07, 6.45) is 1.48. The third-order valence-electron chi connectivity index (χ3n) is 6.10. The minimum Gasteiger partial charge on any atom is -1.00 e. The van der Waals surface area contributed by atoms with Crippen LogP contribution in [0.25, 0.3) is 0 Å². The number of halogens is 4. The molecule has 188 valence electrons. The highest BCUT2D eigenvalue weighted by molar-refractivity contribution is 6.30. The van der Waals surface area contributed by atoms with E-state index < -0.39 is 11.6 Å². The summed E-state index contributed by atoms with van der Waals surface area (Å²) in [5, 5.41) is 6.37. The van der Waals surface area contributed by atoms with Gasteiger partial charge in [0.15, 0.2) is 0 Å². The second-order valence-corrected chi connectivity index (χ2v) is 8.91. The van der Waals surface area contributed by atoms with Crippen LogP contribution in [-0.4, -0.2) is 36.7 Å². The van der Waals surface area contributed by atoms with Gasteiger partial charge in [-0.15, -0.1) is 0 Å². The third kappa shape index (κ3) is 9.39. The Labute approximate surface area is 228 Å². The topological polar surface area (TPSA) is 41.1 Å². The van der Waals surface area contributed by atoms with Crippen LogP contribution in [0.3, 0.4) is 0 Å². The number of nitrogens with zero attached hydrogens (tertiary/aromatic N) is 1. The van der Waals surface area contributed by atoms with Gasteiger partial charge in [0.1, 0.15) is 18.2 Å². The van der Waals surface area contributed by atoms with Crippen LogP contribution in [0.4, 0.5) is 19.3 Å². The number of nitrogens with one attached hydrogen (secondary N) is 2. The molecule has 0 bridgehead atoms. The van der Waals surface area contributed by atoms with Crippen molar-refractivity contribution in [2.24, 2.45) is 0 Å². The van der Waals surface area contributed by atoms with Crippen LogP contribution in [0, 0.1) is 11.6 Å². The molecule has 0 aromatic heterocycles. The first kappa shape index (κ1) is 29.0. The summed E-state index contributed by atoms with van der Waals surface area (Å²) in [6, 6.07) is 20.3. The fourth-order valence-corrected chi connectivity index (χ4v) is 4.18. The van der Waals surface area contributed by atoms with Crippen molar-refractivity contribution in [2.75, 3.05) is 31.5 Å². The Morgan fingerprint density at radius 3 is 2.37 bits per heavy atom. The maximum Gasteiger partial charge on any atom is 0.319 e. The number of urea groups is 1. The van der Waals surface area contributed by atoms with E-state index in [0.717, 1.165) is 36.8 Å². The molecule has 0 aliphatic heterocycles. The molecule has 0 saturated heterocycles. The first-order chi connectivity index (χ1) is 16.4. The molecule has 1 atom stereocenters. The number of carbonyl (C=O) groups is 1. The molecule has 3 aromatic carbocycles. The van der Waals surface area contributed by atoms with E-state index in [0.29, 0.717) is 41.1 Å². The van der Waals surface area contributed by atoms with Crippen molar-refractivity contribution in [1.29, 1.82) is 0 Å². The van der Waals surface area contributed by atoms with Crippen molar-refractivity contribution in [3.05, 3.63) is 101 Å². The van der Waals surface area contributed by atoms with E-state index in [1.165, 1.54) is 12.1 Å². The van der Waals surface area contributed by atoms with Crippen LogP contribution >= 0.6 is 11.6 Å². The molecule has 2 N–H and O–H groups in total. The monoisotopic (exact) mass is 613 g/mol. The normalized spacial score (nSPS) is 12.3. The number of carbonyl (C=O) groups excluding carboxylic acids is 1.